The van der Waals surface area contributed by atoms with Gasteiger partial charge in [0.1, 0.15) is 0 Å². The van der Waals surface area contributed by atoms with Crippen molar-refractivity contribution in [2.75, 3.05) is 0 Å². The third-order valence-corrected chi connectivity index (χ3v) is 6.96. The molecule has 0 spiro atoms. The van der Waals surface area contributed by atoms with Crippen molar-refractivity contribution in [1.29, 1.82) is 0 Å². The van der Waals surface area contributed by atoms with Gasteiger partial charge in [-0.25, -0.2) is 9.59 Å². The van der Waals surface area contributed by atoms with Crippen LogP contribution in [0.25, 0.3) is 0 Å². The predicted molar refractivity (Wildman–Crippen MR) is 139 cm³/mol. The topological polar surface area (TPSA) is 149 Å². The maximum absolute atomic E-state index is 12.7. The average molecular weight is 515 g/mol. The Balaban J connectivity index is 4.83. The number of aliphatic carboxylic acids is 2. The van der Waals surface area contributed by atoms with E-state index >= 15 is 0 Å². The Morgan fingerprint density at radius 3 is 0.889 bits per heavy atom. The molecule has 0 aromatic heterocycles. The van der Waals surface area contributed by atoms with Gasteiger partial charge in [-0.1, -0.05) is 117 Å². The number of hydrogen-bond acceptors (Lipinski definition) is 6. The zero-order chi connectivity index (χ0) is 27.5. The molecule has 0 aliphatic rings. The lowest BCUT2D eigenvalue weighted by Crippen LogP contribution is -2.71. The Bertz CT molecular complexity index is 606. The van der Waals surface area contributed by atoms with Crippen LogP contribution < -0.4 is 0 Å². The van der Waals surface area contributed by atoms with E-state index in [1.165, 1.54) is 38.5 Å². The Kier molecular flexibility index (Phi) is 18.4. The number of carbonyl (C=O) groups excluding carboxylic acids is 2. The number of carboxylic acid groups (broad SMARTS) is 2. The summed E-state index contributed by atoms with van der Waals surface area (Å²) in [6.07, 6.45) is 15.9. The molecule has 210 valence electrons. The minimum Gasteiger partial charge on any atom is -0.479 e. The summed E-state index contributed by atoms with van der Waals surface area (Å²) in [5.74, 6) is -7.17. The Morgan fingerprint density at radius 1 is 0.444 bits per heavy atom. The fourth-order valence-electron chi connectivity index (χ4n) is 4.51. The van der Waals surface area contributed by atoms with Crippen LogP contribution in [0.5, 0.6) is 0 Å². The summed E-state index contributed by atoms with van der Waals surface area (Å²) in [6, 6.07) is 0. The molecular weight excluding hydrogens is 464 g/mol. The van der Waals surface area contributed by atoms with Crippen LogP contribution in [0.15, 0.2) is 0 Å². The van der Waals surface area contributed by atoms with E-state index in [0.29, 0.717) is 12.8 Å². The van der Waals surface area contributed by atoms with Gasteiger partial charge in [0.05, 0.1) is 0 Å². The minimum atomic E-state index is -3.73. The Hall–Kier alpha value is -1.80. The number of unbranched alkanes of at least 4 members (excludes halogenated alkanes) is 16. The first-order valence-electron chi connectivity index (χ1n) is 14.1. The second-order valence-electron chi connectivity index (χ2n) is 10.0. The van der Waals surface area contributed by atoms with Gasteiger partial charge in [-0.2, -0.15) is 0 Å². The van der Waals surface area contributed by atoms with Gasteiger partial charge in [-0.05, 0) is 12.8 Å². The van der Waals surface area contributed by atoms with Crippen LogP contribution in [0.3, 0.4) is 0 Å². The summed E-state index contributed by atoms with van der Waals surface area (Å²) >= 11 is 0. The minimum absolute atomic E-state index is 0.242. The van der Waals surface area contributed by atoms with E-state index in [9.17, 15) is 39.6 Å². The molecule has 0 aliphatic heterocycles. The molecule has 0 saturated carbocycles. The molecular formula is C28H50O8. The van der Waals surface area contributed by atoms with Crippen LogP contribution in [0.4, 0.5) is 0 Å². The molecule has 0 heterocycles. The van der Waals surface area contributed by atoms with Crippen molar-refractivity contribution in [3.8, 4) is 0 Å². The Morgan fingerprint density at radius 2 is 0.667 bits per heavy atom. The number of aliphatic hydroxyl groups is 2. The van der Waals surface area contributed by atoms with Crippen molar-refractivity contribution in [2.45, 2.75) is 153 Å². The van der Waals surface area contributed by atoms with Gasteiger partial charge in [0, 0.05) is 12.8 Å². The molecule has 8 nitrogen and oxygen atoms in total. The van der Waals surface area contributed by atoms with Crippen molar-refractivity contribution in [2.24, 2.45) is 0 Å². The standard InChI is InChI=1S/C28H50O8/c1-3-5-7-9-11-13-15-17-19-21-23(29)27(35,25(31)32)28(36,26(33)34)24(30)22-20-18-16-14-12-10-8-6-4-2/h35-36H,3-22H2,1-2H3,(H,31,32)(H,33,34)/t27-,28-/m0/s1. The van der Waals surface area contributed by atoms with Crippen LogP contribution in [-0.2, 0) is 19.2 Å². The van der Waals surface area contributed by atoms with Crippen LogP contribution in [0.2, 0.25) is 0 Å². The predicted octanol–water partition coefficient (Wildman–Crippen LogP) is 5.60. The molecule has 8 heteroatoms. The molecule has 0 rings (SSSR count). The van der Waals surface area contributed by atoms with E-state index in [-0.39, 0.29) is 12.8 Å². The molecule has 0 fully saturated rings. The fourth-order valence-corrected chi connectivity index (χ4v) is 4.51. The summed E-state index contributed by atoms with van der Waals surface area (Å²) < 4.78 is 0. The van der Waals surface area contributed by atoms with Crippen LogP contribution in [-0.4, -0.2) is 55.1 Å². The van der Waals surface area contributed by atoms with Crippen molar-refractivity contribution in [3.05, 3.63) is 0 Å². The third-order valence-electron chi connectivity index (χ3n) is 6.96. The normalized spacial score (nSPS) is 14.7. The number of ketones is 2. The average Bonchev–Trinajstić information content (AvgIpc) is 2.84. The molecule has 0 aromatic carbocycles. The van der Waals surface area contributed by atoms with Crippen LogP contribution >= 0.6 is 0 Å². The van der Waals surface area contributed by atoms with Crippen molar-refractivity contribution in [3.63, 3.8) is 0 Å². The molecule has 0 amide bonds. The van der Waals surface area contributed by atoms with E-state index in [2.05, 4.69) is 13.8 Å². The highest BCUT2D eigenvalue weighted by Gasteiger charge is 2.68. The van der Waals surface area contributed by atoms with Gasteiger partial charge in [-0.15, -0.1) is 0 Å². The second-order valence-corrected chi connectivity index (χ2v) is 10.0. The molecule has 0 aliphatic carbocycles. The van der Waals surface area contributed by atoms with Gasteiger partial charge in [0.15, 0.2) is 11.6 Å². The SMILES string of the molecule is CCCCCCCCCCCC(=O)[C@](O)(C(=O)O)[C@@](O)(C(=O)O)C(=O)CCCCCCCCCCC. The first-order valence-corrected chi connectivity index (χ1v) is 14.1. The second kappa shape index (κ2) is 19.3. The largest absolute Gasteiger partial charge is 0.479 e. The summed E-state index contributed by atoms with van der Waals surface area (Å²) in [7, 11) is 0. The maximum atomic E-state index is 12.7. The van der Waals surface area contributed by atoms with Gasteiger partial charge in [0.2, 0.25) is 0 Å². The first-order chi connectivity index (χ1) is 17.1. The maximum Gasteiger partial charge on any atom is 0.347 e. The molecule has 0 unspecified atom stereocenters. The van der Waals surface area contributed by atoms with Crippen LogP contribution in [0.1, 0.15) is 142 Å². The smallest absolute Gasteiger partial charge is 0.347 e. The molecule has 4 N–H and O–H groups in total. The van der Waals surface area contributed by atoms with E-state index in [0.717, 1.165) is 51.4 Å². The summed E-state index contributed by atoms with van der Waals surface area (Å²) in [5.41, 5.74) is -7.45. The Labute approximate surface area is 216 Å². The van der Waals surface area contributed by atoms with Gasteiger partial charge in [0.25, 0.3) is 11.2 Å². The van der Waals surface area contributed by atoms with E-state index in [4.69, 9.17) is 0 Å². The van der Waals surface area contributed by atoms with E-state index < -0.39 is 47.5 Å². The number of Topliss-reactive ketones (excluding diaryl/α,β-unsaturated/α-hetero) is 2. The highest BCUT2D eigenvalue weighted by atomic mass is 16.5. The number of carboxylic acids is 2. The number of carbonyl (C=O) groups is 4. The first kappa shape index (κ1) is 34.2. The molecule has 36 heavy (non-hydrogen) atoms. The van der Waals surface area contributed by atoms with Gasteiger partial charge in [-0.3, -0.25) is 9.59 Å². The van der Waals surface area contributed by atoms with E-state index in [1.54, 1.807) is 0 Å². The quantitative estimate of drug-likeness (QED) is 0.0908. The lowest BCUT2D eigenvalue weighted by atomic mass is 9.74. The molecule has 0 radical (unpaired) electrons. The van der Waals surface area contributed by atoms with Gasteiger partial charge < -0.3 is 20.4 Å². The molecule has 0 bridgehead atoms. The fraction of sp³-hybridized carbons (Fsp3) is 0.857. The van der Waals surface area contributed by atoms with Crippen molar-refractivity contribution in [1.82, 2.24) is 0 Å². The molecule has 0 aromatic rings. The van der Waals surface area contributed by atoms with Crippen molar-refractivity contribution < 1.29 is 39.6 Å². The highest BCUT2D eigenvalue weighted by molar-refractivity contribution is 6.21. The summed E-state index contributed by atoms with van der Waals surface area (Å²) in [6.45, 7) is 4.29. The highest BCUT2D eigenvalue weighted by Crippen LogP contribution is 2.30. The lowest BCUT2D eigenvalue weighted by molar-refractivity contribution is -0.207. The number of hydrogen-bond donors (Lipinski definition) is 4. The van der Waals surface area contributed by atoms with Crippen molar-refractivity contribution >= 4 is 23.5 Å². The molecule has 0 saturated heterocycles. The van der Waals surface area contributed by atoms with E-state index in [1.807, 2.05) is 0 Å². The molecule has 2 atom stereocenters. The lowest BCUT2D eigenvalue weighted by Gasteiger charge is -2.34. The van der Waals surface area contributed by atoms with Gasteiger partial charge >= 0.3 is 11.9 Å². The zero-order valence-corrected chi connectivity index (χ0v) is 22.6. The zero-order valence-electron chi connectivity index (χ0n) is 22.6. The number of rotatable bonds is 25. The van der Waals surface area contributed by atoms with Crippen LogP contribution in [0, 0.1) is 0 Å². The monoisotopic (exact) mass is 514 g/mol. The summed E-state index contributed by atoms with van der Waals surface area (Å²) in [5, 5.41) is 40.5. The summed E-state index contributed by atoms with van der Waals surface area (Å²) in [4.78, 5) is 49.1. The third kappa shape index (κ3) is 11.1.